The van der Waals surface area contributed by atoms with Crippen molar-refractivity contribution >= 4 is 11.6 Å². The van der Waals surface area contributed by atoms with Gasteiger partial charge in [0.2, 0.25) is 0 Å². The lowest BCUT2D eigenvalue weighted by molar-refractivity contribution is 0.210. The molecular formula is C23H28N4O. The van der Waals surface area contributed by atoms with Crippen LogP contribution in [0.5, 0.6) is 0 Å². The lowest BCUT2D eigenvalue weighted by Crippen LogP contribution is -2.31. The number of rotatable bonds is 9. The van der Waals surface area contributed by atoms with Gasteiger partial charge in [-0.15, -0.1) is 0 Å². The Hall–Kier alpha value is -2.92. The van der Waals surface area contributed by atoms with Crippen molar-refractivity contribution in [2.75, 3.05) is 30.5 Å². The predicted molar refractivity (Wildman–Crippen MR) is 116 cm³/mol. The molecule has 3 aromatic rings. The maximum atomic E-state index is 5.16. The second-order valence-corrected chi connectivity index (χ2v) is 6.93. The molecule has 28 heavy (non-hydrogen) atoms. The van der Waals surface area contributed by atoms with Crippen LogP contribution in [0, 0.1) is 0 Å². The maximum absolute atomic E-state index is 5.16. The van der Waals surface area contributed by atoms with E-state index in [0.717, 1.165) is 29.6 Å². The molecule has 1 aromatic heterocycles. The zero-order valence-corrected chi connectivity index (χ0v) is 16.8. The van der Waals surface area contributed by atoms with Gasteiger partial charge >= 0.3 is 0 Å². The van der Waals surface area contributed by atoms with E-state index >= 15 is 0 Å². The summed E-state index contributed by atoms with van der Waals surface area (Å²) in [6, 6.07) is 22.9. The first-order valence-electron chi connectivity index (χ1n) is 9.65. The predicted octanol–water partition coefficient (Wildman–Crippen LogP) is 4.62. The number of hydrogen-bond acceptors (Lipinski definition) is 5. The lowest BCUT2D eigenvalue weighted by atomic mass is 10.2. The van der Waals surface area contributed by atoms with Crippen LogP contribution < -0.4 is 10.2 Å². The molecule has 0 fully saturated rings. The van der Waals surface area contributed by atoms with Gasteiger partial charge in [-0.2, -0.15) is 0 Å². The number of methoxy groups -OCH3 is 1. The first-order valence-corrected chi connectivity index (χ1v) is 9.65. The maximum Gasteiger partial charge on any atom is 0.163 e. The summed E-state index contributed by atoms with van der Waals surface area (Å²) in [6.45, 7) is 6.48. The van der Waals surface area contributed by atoms with Crippen LogP contribution in [0.1, 0.15) is 19.4 Å². The van der Waals surface area contributed by atoms with E-state index in [2.05, 4.69) is 48.3 Å². The van der Waals surface area contributed by atoms with E-state index in [9.17, 15) is 0 Å². The third-order valence-corrected chi connectivity index (χ3v) is 4.47. The molecular weight excluding hydrogens is 348 g/mol. The molecule has 0 spiro atoms. The van der Waals surface area contributed by atoms with Crippen LogP contribution in [0.25, 0.3) is 11.4 Å². The second kappa shape index (κ2) is 9.85. The van der Waals surface area contributed by atoms with Crippen LogP contribution in [0.3, 0.4) is 0 Å². The zero-order valence-electron chi connectivity index (χ0n) is 16.8. The quantitative estimate of drug-likeness (QED) is 0.552. The fraction of sp³-hybridized carbons (Fsp3) is 0.304. The molecule has 0 aliphatic carbocycles. The smallest absolute Gasteiger partial charge is 0.163 e. The molecule has 0 bridgehead atoms. The summed E-state index contributed by atoms with van der Waals surface area (Å²) in [5.41, 5.74) is 2.26. The third kappa shape index (κ3) is 5.30. The van der Waals surface area contributed by atoms with Crippen LogP contribution >= 0.6 is 0 Å². The van der Waals surface area contributed by atoms with Crippen molar-refractivity contribution in [1.82, 2.24) is 9.97 Å². The van der Waals surface area contributed by atoms with Crippen LogP contribution in [0.15, 0.2) is 66.7 Å². The fourth-order valence-corrected chi connectivity index (χ4v) is 2.98. The van der Waals surface area contributed by atoms with Gasteiger partial charge < -0.3 is 15.0 Å². The van der Waals surface area contributed by atoms with Crippen molar-refractivity contribution in [3.63, 3.8) is 0 Å². The SMILES string of the molecule is COCCNc1cc(N(Cc2ccccc2)C(C)C)nc(-c2ccccc2)n1. The van der Waals surface area contributed by atoms with Gasteiger partial charge in [-0.3, -0.25) is 0 Å². The highest BCUT2D eigenvalue weighted by molar-refractivity contribution is 5.62. The van der Waals surface area contributed by atoms with Crippen molar-refractivity contribution in [3.05, 3.63) is 72.3 Å². The summed E-state index contributed by atoms with van der Waals surface area (Å²) < 4.78 is 5.16. The topological polar surface area (TPSA) is 50.3 Å². The van der Waals surface area contributed by atoms with Gasteiger partial charge in [-0.25, -0.2) is 9.97 Å². The summed E-state index contributed by atoms with van der Waals surface area (Å²) in [4.78, 5) is 11.9. The average Bonchev–Trinajstić information content (AvgIpc) is 2.73. The Morgan fingerprint density at radius 1 is 0.964 bits per heavy atom. The van der Waals surface area contributed by atoms with Crippen LogP contribution in [-0.4, -0.2) is 36.3 Å². The van der Waals surface area contributed by atoms with Gasteiger partial charge in [-0.05, 0) is 19.4 Å². The molecule has 3 rings (SSSR count). The summed E-state index contributed by atoms with van der Waals surface area (Å²) in [7, 11) is 1.70. The number of aromatic nitrogens is 2. The second-order valence-electron chi connectivity index (χ2n) is 6.93. The van der Waals surface area contributed by atoms with Crippen molar-refractivity contribution in [1.29, 1.82) is 0 Å². The Labute approximate surface area is 167 Å². The molecule has 0 saturated heterocycles. The molecule has 0 amide bonds. The minimum Gasteiger partial charge on any atom is -0.383 e. The Bertz CT molecular complexity index is 853. The number of benzene rings is 2. The van der Waals surface area contributed by atoms with Crippen molar-refractivity contribution in [3.8, 4) is 11.4 Å². The van der Waals surface area contributed by atoms with E-state index < -0.39 is 0 Å². The largest absolute Gasteiger partial charge is 0.383 e. The van der Waals surface area contributed by atoms with Gasteiger partial charge in [0.05, 0.1) is 6.61 Å². The van der Waals surface area contributed by atoms with E-state index in [-0.39, 0.29) is 0 Å². The van der Waals surface area contributed by atoms with E-state index in [0.29, 0.717) is 19.2 Å². The monoisotopic (exact) mass is 376 g/mol. The molecule has 0 unspecified atom stereocenters. The Morgan fingerprint density at radius 2 is 1.64 bits per heavy atom. The number of nitrogens with one attached hydrogen (secondary N) is 1. The molecule has 146 valence electrons. The van der Waals surface area contributed by atoms with E-state index in [4.69, 9.17) is 14.7 Å². The first kappa shape index (κ1) is 19.8. The Morgan fingerprint density at radius 3 is 2.29 bits per heavy atom. The molecule has 2 aromatic carbocycles. The van der Waals surface area contributed by atoms with Gasteiger partial charge in [-0.1, -0.05) is 60.7 Å². The molecule has 1 N–H and O–H groups in total. The first-order chi connectivity index (χ1) is 13.7. The summed E-state index contributed by atoms with van der Waals surface area (Å²) in [6.07, 6.45) is 0. The van der Waals surface area contributed by atoms with Gasteiger partial charge in [0.15, 0.2) is 5.82 Å². The van der Waals surface area contributed by atoms with Crippen molar-refractivity contribution in [2.45, 2.75) is 26.4 Å². The summed E-state index contributed by atoms with van der Waals surface area (Å²) in [5, 5.41) is 3.35. The highest BCUT2D eigenvalue weighted by Gasteiger charge is 2.16. The molecule has 0 atom stereocenters. The molecule has 0 saturated carbocycles. The highest BCUT2D eigenvalue weighted by atomic mass is 16.5. The van der Waals surface area contributed by atoms with Crippen molar-refractivity contribution < 1.29 is 4.74 Å². The summed E-state index contributed by atoms with van der Waals surface area (Å²) in [5.74, 6) is 2.43. The van der Waals surface area contributed by atoms with Crippen molar-refractivity contribution in [2.24, 2.45) is 0 Å². The minimum absolute atomic E-state index is 0.297. The van der Waals surface area contributed by atoms with Gasteiger partial charge in [0.25, 0.3) is 0 Å². The minimum atomic E-state index is 0.297. The standard InChI is InChI=1S/C23H28N4O/c1-18(2)27(17-19-10-6-4-7-11-19)22-16-21(24-14-15-28-3)25-23(26-22)20-12-8-5-9-13-20/h4-13,16,18H,14-15,17H2,1-3H3,(H,24,25,26). The fourth-order valence-electron chi connectivity index (χ4n) is 2.98. The van der Waals surface area contributed by atoms with Crippen LogP contribution in [0.2, 0.25) is 0 Å². The molecule has 1 heterocycles. The lowest BCUT2D eigenvalue weighted by Gasteiger charge is -2.28. The molecule has 0 radical (unpaired) electrons. The number of anilines is 2. The average molecular weight is 377 g/mol. The zero-order chi connectivity index (χ0) is 19.8. The van der Waals surface area contributed by atoms with E-state index in [1.807, 2.05) is 42.5 Å². The summed E-state index contributed by atoms with van der Waals surface area (Å²) >= 11 is 0. The number of nitrogens with zero attached hydrogens (tertiary/aromatic N) is 3. The van der Waals surface area contributed by atoms with Gasteiger partial charge in [0.1, 0.15) is 11.6 Å². The molecule has 5 nitrogen and oxygen atoms in total. The highest BCUT2D eigenvalue weighted by Crippen LogP contribution is 2.25. The molecule has 0 aliphatic heterocycles. The van der Waals surface area contributed by atoms with E-state index in [1.54, 1.807) is 7.11 Å². The Balaban J connectivity index is 1.97. The Kier molecular flexibility index (Phi) is 6.98. The van der Waals surface area contributed by atoms with E-state index in [1.165, 1.54) is 5.56 Å². The van der Waals surface area contributed by atoms with Gasteiger partial charge in [0, 0.05) is 37.9 Å². The molecule has 0 aliphatic rings. The number of ether oxygens (including phenoxy) is 1. The van der Waals surface area contributed by atoms with Crippen LogP contribution in [0.4, 0.5) is 11.6 Å². The number of hydrogen-bond donors (Lipinski definition) is 1. The third-order valence-electron chi connectivity index (χ3n) is 4.47. The normalized spacial score (nSPS) is 10.9. The molecule has 5 heteroatoms. The van der Waals surface area contributed by atoms with Crippen LogP contribution in [-0.2, 0) is 11.3 Å².